The molecule has 6 heteroatoms. The van der Waals surface area contributed by atoms with E-state index in [0.29, 0.717) is 0 Å². The standard InChI is InChI=1S/C7H10BF3O2/c8-6(13,4-12)3-5(1-2-5)7(9,10)11/h12-13H,1-4H2. The van der Waals surface area contributed by atoms with Crippen LogP contribution in [-0.2, 0) is 0 Å². The van der Waals surface area contributed by atoms with Gasteiger partial charge in [0.1, 0.15) is 7.85 Å². The second-order valence-electron chi connectivity index (χ2n) is 3.72. The average molecular weight is 194 g/mol. The van der Waals surface area contributed by atoms with Gasteiger partial charge in [-0.1, -0.05) is 0 Å². The Hall–Kier alpha value is -0.225. The lowest BCUT2D eigenvalue weighted by Gasteiger charge is -2.28. The third kappa shape index (κ3) is 2.17. The van der Waals surface area contributed by atoms with E-state index in [1.807, 2.05) is 0 Å². The van der Waals surface area contributed by atoms with E-state index < -0.39 is 30.1 Å². The summed E-state index contributed by atoms with van der Waals surface area (Å²) in [5.41, 5.74) is -3.98. The number of halogens is 3. The molecule has 1 aliphatic carbocycles. The largest absolute Gasteiger partial charge is 0.397 e. The van der Waals surface area contributed by atoms with Crippen LogP contribution in [0.1, 0.15) is 19.3 Å². The van der Waals surface area contributed by atoms with Gasteiger partial charge in [-0.3, -0.25) is 0 Å². The predicted octanol–water partition coefficient (Wildman–Crippen LogP) is 0.568. The van der Waals surface area contributed by atoms with E-state index in [0.717, 1.165) is 0 Å². The van der Waals surface area contributed by atoms with Crippen molar-refractivity contribution in [3.05, 3.63) is 0 Å². The molecule has 0 amide bonds. The Morgan fingerprint density at radius 3 is 2.00 bits per heavy atom. The first kappa shape index (κ1) is 10.9. The van der Waals surface area contributed by atoms with Crippen LogP contribution in [-0.4, -0.2) is 36.3 Å². The van der Waals surface area contributed by atoms with Gasteiger partial charge in [0.05, 0.1) is 12.0 Å². The molecule has 0 aromatic heterocycles. The van der Waals surface area contributed by atoms with Gasteiger partial charge >= 0.3 is 6.18 Å². The van der Waals surface area contributed by atoms with Crippen molar-refractivity contribution in [1.29, 1.82) is 0 Å². The molecule has 1 atom stereocenters. The van der Waals surface area contributed by atoms with E-state index >= 15 is 0 Å². The normalized spacial score (nSPS) is 25.3. The third-order valence-electron chi connectivity index (χ3n) is 2.37. The van der Waals surface area contributed by atoms with Crippen LogP contribution in [0, 0.1) is 5.41 Å². The Morgan fingerprint density at radius 1 is 1.31 bits per heavy atom. The molecule has 1 rings (SSSR count). The molecule has 2 nitrogen and oxygen atoms in total. The molecule has 74 valence electrons. The molecule has 2 N–H and O–H groups in total. The number of hydrogen-bond donors (Lipinski definition) is 2. The summed E-state index contributed by atoms with van der Waals surface area (Å²) in [4.78, 5) is 0. The topological polar surface area (TPSA) is 40.5 Å². The summed E-state index contributed by atoms with van der Waals surface area (Å²) >= 11 is 0. The summed E-state index contributed by atoms with van der Waals surface area (Å²) in [7, 11) is 5.04. The maximum Gasteiger partial charge on any atom is 0.394 e. The van der Waals surface area contributed by atoms with Crippen LogP contribution in [0.25, 0.3) is 0 Å². The Balaban J connectivity index is 2.64. The number of aliphatic hydroxyl groups is 2. The van der Waals surface area contributed by atoms with Crippen molar-refractivity contribution in [2.45, 2.75) is 30.9 Å². The molecule has 1 saturated carbocycles. The van der Waals surface area contributed by atoms with E-state index in [1.54, 1.807) is 0 Å². The number of hydrogen-bond acceptors (Lipinski definition) is 2. The van der Waals surface area contributed by atoms with Crippen LogP contribution in [0.2, 0.25) is 0 Å². The molecule has 0 aliphatic heterocycles. The van der Waals surface area contributed by atoms with Crippen LogP contribution < -0.4 is 0 Å². The molecule has 0 saturated heterocycles. The van der Waals surface area contributed by atoms with Gasteiger partial charge in [0.2, 0.25) is 0 Å². The highest BCUT2D eigenvalue weighted by Crippen LogP contribution is 2.61. The maximum absolute atomic E-state index is 12.3. The fourth-order valence-corrected chi connectivity index (χ4v) is 1.35. The van der Waals surface area contributed by atoms with Crippen LogP contribution in [0.5, 0.6) is 0 Å². The lowest BCUT2D eigenvalue weighted by Crippen LogP contribution is -2.41. The highest BCUT2D eigenvalue weighted by atomic mass is 19.4. The predicted molar refractivity (Wildman–Crippen MR) is 40.1 cm³/mol. The molecule has 1 aliphatic rings. The monoisotopic (exact) mass is 194 g/mol. The molecule has 0 heterocycles. The highest BCUT2D eigenvalue weighted by Gasteiger charge is 2.64. The van der Waals surface area contributed by atoms with Gasteiger partial charge in [0, 0.05) is 5.50 Å². The first-order valence-electron chi connectivity index (χ1n) is 3.91. The molecule has 13 heavy (non-hydrogen) atoms. The minimum Gasteiger partial charge on any atom is -0.397 e. The van der Waals surface area contributed by atoms with Gasteiger partial charge in [-0.2, -0.15) is 13.2 Å². The zero-order valence-electron chi connectivity index (χ0n) is 6.93. The minimum absolute atomic E-state index is 0.0178. The maximum atomic E-state index is 12.3. The SMILES string of the molecule is [B]C(O)(CO)CC1(C(F)(F)F)CC1. The fourth-order valence-electron chi connectivity index (χ4n) is 1.35. The highest BCUT2D eigenvalue weighted by molar-refractivity contribution is 6.14. The van der Waals surface area contributed by atoms with Gasteiger partial charge in [-0.25, -0.2) is 0 Å². The van der Waals surface area contributed by atoms with E-state index in [4.69, 9.17) is 18.1 Å². The Kier molecular flexibility index (Phi) is 2.41. The van der Waals surface area contributed by atoms with Gasteiger partial charge in [-0.15, -0.1) is 0 Å². The van der Waals surface area contributed by atoms with Crippen molar-refractivity contribution < 1.29 is 23.4 Å². The molecule has 1 fully saturated rings. The smallest absolute Gasteiger partial charge is 0.394 e. The van der Waals surface area contributed by atoms with Crippen molar-refractivity contribution in [3.8, 4) is 0 Å². The molecule has 2 radical (unpaired) electrons. The van der Waals surface area contributed by atoms with E-state index in [1.165, 1.54) is 0 Å². The van der Waals surface area contributed by atoms with Crippen molar-refractivity contribution in [3.63, 3.8) is 0 Å². The first-order valence-corrected chi connectivity index (χ1v) is 3.91. The van der Waals surface area contributed by atoms with Crippen molar-refractivity contribution in [2.75, 3.05) is 6.61 Å². The second-order valence-corrected chi connectivity index (χ2v) is 3.72. The lowest BCUT2D eigenvalue weighted by atomic mass is 9.74. The summed E-state index contributed by atoms with van der Waals surface area (Å²) in [6.45, 7) is -0.856. The quantitative estimate of drug-likeness (QED) is 0.644. The molecule has 0 aromatic carbocycles. The molecule has 0 bridgehead atoms. The minimum atomic E-state index is -4.34. The van der Waals surface area contributed by atoms with E-state index in [-0.39, 0.29) is 12.8 Å². The average Bonchev–Trinajstić information content (AvgIpc) is 2.67. The zero-order chi connectivity index (χ0) is 10.3. The second kappa shape index (κ2) is 2.88. The summed E-state index contributed by atoms with van der Waals surface area (Å²) in [5.74, 6) is 0. The van der Waals surface area contributed by atoms with Gasteiger partial charge < -0.3 is 10.2 Å². The van der Waals surface area contributed by atoms with Crippen LogP contribution >= 0.6 is 0 Å². The first-order chi connectivity index (χ1) is 5.72. The third-order valence-corrected chi connectivity index (χ3v) is 2.37. The zero-order valence-corrected chi connectivity index (χ0v) is 6.93. The summed E-state index contributed by atoms with van der Waals surface area (Å²) in [5, 5.41) is 17.6. The van der Waals surface area contributed by atoms with Gasteiger partial charge in [0.25, 0.3) is 0 Å². The van der Waals surface area contributed by atoms with Crippen molar-refractivity contribution in [1.82, 2.24) is 0 Å². The van der Waals surface area contributed by atoms with Crippen LogP contribution in [0.4, 0.5) is 13.2 Å². The number of alkyl halides is 3. The Labute approximate surface area is 75.2 Å². The Morgan fingerprint density at radius 2 is 1.77 bits per heavy atom. The molecule has 0 spiro atoms. The van der Waals surface area contributed by atoms with Crippen LogP contribution in [0.3, 0.4) is 0 Å². The number of aliphatic hydroxyl groups excluding tert-OH is 1. The molecular formula is C7H10BF3O2. The summed E-state index contributed by atoms with van der Waals surface area (Å²) in [6.07, 6.45) is -5.00. The van der Waals surface area contributed by atoms with Crippen LogP contribution in [0.15, 0.2) is 0 Å². The van der Waals surface area contributed by atoms with Crippen molar-refractivity contribution >= 4 is 7.85 Å². The fraction of sp³-hybridized carbons (Fsp3) is 1.00. The van der Waals surface area contributed by atoms with E-state index in [9.17, 15) is 13.2 Å². The van der Waals surface area contributed by atoms with Crippen molar-refractivity contribution in [2.24, 2.45) is 5.41 Å². The molecule has 1 unspecified atom stereocenters. The van der Waals surface area contributed by atoms with Gasteiger partial charge in [-0.05, 0) is 19.3 Å². The Bertz CT molecular complexity index is 198. The number of rotatable bonds is 3. The van der Waals surface area contributed by atoms with E-state index in [2.05, 4.69) is 0 Å². The molecular weight excluding hydrogens is 184 g/mol. The summed E-state index contributed by atoms with van der Waals surface area (Å²) in [6, 6.07) is 0. The lowest BCUT2D eigenvalue weighted by molar-refractivity contribution is -0.198. The molecule has 0 aromatic rings. The van der Waals surface area contributed by atoms with Gasteiger partial charge in [0.15, 0.2) is 0 Å². The summed E-state index contributed by atoms with van der Waals surface area (Å²) < 4.78 is 36.9.